The van der Waals surface area contributed by atoms with Gasteiger partial charge in [0.2, 0.25) is 0 Å². The van der Waals surface area contributed by atoms with Crippen LogP contribution in [0.2, 0.25) is 0 Å². The van der Waals surface area contributed by atoms with Crippen molar-refractivity contribution in [1.82, 2.24) is 0 Å². The standard InChI is InChI=1S/C13H14N2S/c1-9-4-2-3-5-10(9)12-8-14-13-11(15-12)6-7-16-13/h2-7,12,14-15H,8H2,1H3. The van der Waals surface area contributed by atoms with Crippen molar-refractivity contribution in [3.63, 3.8) is 0 Å². The van der Waals surface area contributed by atoms with Gasteiger partial charge in [0.15, 0.2) is 0 Å². The average molecular weight is 230 g/mol. The molecule has 0 saturated heterocycles. The van der Waals surface area contributed by atoms with E-state index in [0.717, 1.165) is 6.54 Å². The van der Waals surface area contributed by atoms with E-state index < -0.39 is 0 Å². The predicted molar refractivity (Wildman–Crippen MR) is 70.4 cm³/mol. The van der Waals surface area contributed by atoms with Gasteiger partial charge in [-0.15, -0.1) is 11.3 Å². The van der Waals surface area contributed by atoms with Crippen molar-refractivity contribution < 1.29 is 0 Å². The highest BCUT2D eigenvalue weighted by Gasteiger charge is 2.20. The molecule has 3 heteroatoms. The monoisotopic (exact) mass is 230 g/mol. The van der Waals surface area contributed by atoms with Crippen molar-refractivity contribution in [1.29, 1.82) is 0 Å². The lowest BCUT2D eigenvalue weighted by molar-refractivity contribution is 0.801. The number of nitrogens with one attached hydrogen (secondary N) is 2. The molecule has 2 N–H and O–H groups in total. The molecule has 1 atom stereocenters. The number of anilines is 2. The highest BCUT2D eigenvalue weighted by atomic mass is 32.1. The first-order chi connectivity index (χ1) is 7.84. The molecular formula is C13H14N2S. The molecule has 2 nitrogen and oxygen atoms in total. The highest BCUT2D eigenvalue weighted by Crippen LogP contribution is 2.36. The molecule has 0 radical (unpaired) electrons. The average Bonchev–Trinajstić information content (AvgIpc) is 2.76. The Labute approximate surface area is 99.3 Å². The van der Waals surface area contributed by atoms with Gasteiger partial charge in [-0.1, -0.05) is 24.3 Å². The predicted octanol–water partition coefficient (Wildman–Crippen LogP) is 3.64. The third-order valence-electron chi connectivity index (χ3n) is 3.03. The lowest BCUT2D eigenvalue weighted by atomic mass is 10.0. The van der Waals surface area contributed by atoms with E-state index in [1.807, 2.05) is 0 Å². The second-order valence-corrected chi connectivity index (χ2v) is 5.01. The summed E-state index contributed by atoms with van der Waals surface area (Å²) < 4.78 is 0. The summed E-state index contributed by atoms with van der Waals surface area (Å²) in [6.45, 7) is 3.12. The van der Waals surface area contributed by atoms with E-state index in [9.17, 15) is 0 Å². The number of thiophene rings is 1. The molecule has 0 saturated carbocycles. The molecule has 0 aliphatic carbocycles. The molecule has 2 heterocycles. The minimum atomic E-state index is 0.378. The molecule has 3 rings (SSSR count). The van der Waals surface area contributed by atoms with Gasteiger partial charge in [0, 0.05) is 6.54 Å². The van der Waals surface area contributed by atoms with Crippen molar-refractivity contribution in [2.75, 3.05) is 17.2 Å². The first kappa shape index (κ1) is 9.73. The summed E-state index contributed by atoms with van der Waals surface area (Å²) in [4.78, 5) is 0. The van der Waals surface area contributed by atoms with Crippen LogP contribution in [-0.2, 0) is 0 Å². The molecule has 1 aliphatic rings. The van der Waals surface area contributed by atoms with Crippen molar-refractivity contribution in [3.8, 4) is 0 Å². The molecule has 0 spiro atoms. The minimum absolute atomic E-state index is 0.378. The van der Waals surface area contributed by atoms with Crippen LogP contribution < -0.4 is 10.6 Å². The van der Waals surface area contributed by atoms with Crippen LogP contribution in [0.5, 0.6) is 0 Å². The fourth-order valence-corrected chi connectivity index (χ4v) is 2.92. The first-order valence-corrected chi connectivity index (χ1v) is 6.36. The van der Waals surface area contributed by atoms with Gasteiger partial charge in [0.25, 0.3) is 0 Å². The summed E-state index contributed by atoms with van der Waals surface area (Å²) >= 11 is 1.75. The van der Waals surface area contributed by atoms with E-state index in [1.54, 1.807) is 11.3 Å². The Morgan fingerprint density at radius 1 is 1.25 bits per heavy atom. The second-order valence-electron chi connectivity index (χ2n) is 4.10. The summed E-state index contributed by atoms with van der Waals surface area (Å²) in [6, 6.07) is 11.1. The van der Waals surface area contributed by atoms with Gasteiger partial charge < -0.3 is 10.6 Å². The summed E-state index contributed by atoms with van der Waals surface area (Å²) in [6.07, 6.45) is 0. The minimum Gasteiger partial charge on any atom is -0.374 e. The van der Waals surface area contributed by atoms with Crippen molar-refractivity contribution in [2.45, 2.75) is 13.0 Å². The fraction of sp³-hybridized carbons (Fsp3) is 0.231. The van der Waals surface area contributed by atoms with Crippen molar-refractivity contribution in [3.05, 3.63) is 46.8 Å². The van der Waals surface area contributed by atoms with Crippen LogP contribution in [0, 0.1) is 6.92 Å². The number of fused-ring (bicyclic) bond motifs is 1. The third kappa shape index (κ3) is 1.57. The van der Waals surface area contributed by atoms with Crippen LogP contribution in [-0.4, -0.2) is 6.54 Å². The molecule has 1 aromatic heterocycles. The van der Waals surface area contributed by atoms with Gasteiger partial charge in [-0.05, 0) is 29.5 Å². The van der Waals surface area contributed by atoms with Crippen LogP contribution in [0.15, 0.2) is 35.7 Å². The Bertz CT molecular complexity index is 504. The molecule has 82 valence electrons. The van der Waals surface area contributed by atoms with Crippen LogP contribution >= 0.6 is 11.3 Å². The summed E-state index contributed by atoms with van der Waals surface area (Å²) in [7, 11) is 0. The maximum atomic E-state index is 3.58. The third-order valence-corrected chi connectivity index (χ3v) is 3.90. The molecular weight excluding hydrogens is 216 g/mol. The smallest absolute Gasteiger partial charge is 0.112 e. The number of hydrogen-bond donors (Lipinski definition) is 2. The fourth-order valence-electron chi connectivity index (χ4n) is 2.16. The molecule has 1 unspecified atom stereocenters. The van der Waals surface area contributed by atoms with Gasteiger partial charge >= 0.3 is 0 Å². The maximum Gasteiger partial charge on any atom is 0.112 e. The molecule has 2 aromatic rings. The van der Waals surface area contributed by atoms with Crippen LogP contribution in [0.4, 0.5) is 10.7 Å². The summed E-state index contributed by atoms with van der Waals surface area (Å²) in [5.74, 6) is 0. The Hall–Kier alpha value is -1.48. The zero-order valence-electron chi connectivity index (χ0n) is 9.16. The largest absolute Gasteiger partial charge is 0.374 e. The quantitative estimate of drug-likeness (QED) is 0.781. The molecule has 16 heavy (non-hydrogen) atoms. The van der Waals surface area contributed by atoms with E-state index >= 15 is 0 Å². The van der Waals surface area contributed by atoms with E-state index in [0.29, 0.717) is 6.04 Å². The van der Waals surface area contributed by atoms with E-state index in [1.165, 1.54) is 21.8 Å². The zero-order valence-corrected chi connectivity index (χ0v) is 9.97. The van der Waals surface area contributed by atoms with Crippen molar-refractivity contribution in [2.24, 2.45) is 0 Å². The number of hydrogen-bond acceptors (Lipinski definition) is 3. The van der Waals surface area contributed by atoms with Crippen molar-refractivity contribution >= 4 is 22.0 Å². The van der Waals surface area contributed by atoms with Crippen LogP contribution in [0.3, 0.4) is 0 Å². The lowest BCUT2D eigenvalue weighted by Gasteiger charge is -2.27. The van der Waals surface area contributed by atoms with Gasteiger partial charge in [-0.25, -0.2) is 0 Å². The Balaban J connectivity index is 1.92. The van der Waals surface area contributed by atoms with E-state index in [4.69, 9.17) is 0 Å². The number of aryl methyl sites for hydroxylation is 1. The van der Waals surface area contributed by atoms with Gasteiger partial charge in [0.05, 0.1) is 11.7 Å². The highest BCUT2D eigenvalue weighted by molar-refractivity contribution is 7.14. The summed E-state index contributed by atoms with van der Waals surface area (Å²) in [5.41, 5.74) is 3.96. The summed E-state index contributed by atoms with van der Waals surface area (Å²) in [5, 5.41) is 10.4. The number of benzene rings is 1. The van der Waals surface area contributed by atoms with Crippen LogP contribution in [0.25, 0.3) is 0 Å². The van der Waals surface area contributed by atoms with E-state index in [-0.39, 0.29) is 0 Å². The first-order valence-electron chi connectivity index (χ1n) is 5.48. The van der Waals surface area contributed by atoms with Crippen LogP contribution in [0.1, 0.15) is 17.2 Å². The molecule has 0 fully saturated rings. The second kappa shape index (κ2) is 3.83. The SMILES string of the molecule is Cc1ccccc1C1CNc2sccc2N1. The molecule has 1 aromatic carbocycles. The van der Waals surface area contributed by atoms with Gasteiger partial charge in [-0.3, -0.25) is 0 Å². The van der Waals surface area contributed by atoms with E-state index in [2.05, 4.69) is 53.3 Å². The lowest BCUT2D eigenvalue weighted by Crippen LogP contribution is -2.25. The molecule has 0 amide bonds. The maximum absolute atomic E-state index is 3.58. The molecule has 0 bridgehead atoms. The van der Waals surface area contributed by atoms with Gasteiger partial charge in [0.1, 0.15) is 5.00 Å². The molecule has 1 aliphatic heterocycles. The van der Waals surface area contributed by atoms with Gasteiger partial charge in [-0.2, -0.15) is 0 Å². The Morgan fingerprint density at radius 2 is 2.12 bits per heavy atom. The number of rotatable bonds is 1. The normalized spacial score (nSPS) is 18.4. The Kier molecular flexibility index (Phi) is 2.33. The Morgan fingerprint density at radius 3 is 3.00 bits per heavy atom. The topological polar surface area (TPSA) is 24.1 Å². The zero-order chi connectivity index (χ0) is 11.0.